The second kappa shape index (κ2) is 8.94. The molecule has 1 heterocycles. The lowest BCUT2D eigenvalue weighted by Crippen LogP contribution is -2.57. The van der Waals surface area contributed by atoms with Gasteiger partial charge in [0.25, 0.3) is 0 Å². The molecule has 0 aliphatic carbocycles. The zero-order chi connectivity index (χ0) is 26.4. The fourth-order valence-corrected chi connectivity index (χ4v) is 5.95. The Morgan fingerprint density at radius 2 is 1.11 bits per heavy atom. The van der Waals surface area contributed by atoms with Crippen molar-refractivity contribution < 1.29 is 35.4 Å². The third kappa shape index (κ3) is 3.46. The highest BCUT2D eigenvalue weighted by atomic mass is 16.5. The van der Waals surface area contributed by atoms with Gasteiger partial charge >= 0.3 is 0 Å². The fourth-order valence-electron chi connectivity index (χ4n) is 5.95. The average Bonchev–Trinajstić information content (AvgIpc) is 2.92. The summed E-state index contributed by atoms with van der Waals surface area (Å²) in [5, 5.41) is 63.8. The van der Waals surface area contributed by atoms with E-state index in [1.165, 1.54) is 24.3 Å². The molecule has 2 unspecified atom stereocenters. The summed E-state index contributed by atoms with van der Waals surface area (Å²) in [6, 6.07) is 24.6. The molecule has 0 aromatic heterocycles. The van der Waals surface area contributed by atoms with Crippen LogP contribution >= 0.6 is 0 Å². The van der Waals surface area contributed by atoms with E-state index in [2.05, 4.69) is 0 Å². The number of rotatable bonds is 4. The maximum Gasteiger partial charge on any atom is 0.200 e. The molecular formula is C30H28O7. The minimum atomic E-state index is -1.70. The van der Waals surface area contributed by atoms with Gasteiger partial charge in [0, 0.05) is 23.1 Å². The Hall–Kier alpha value is -4.36. The largest absolute Gasteiger partial charge is 0.504 e. The molecule has 0 spiro atoms. The Kier molecular flexibility index (Phi) is 5.88. The minimum absolute atomic E-state index is 0.0789. The van der Waals surface area contributed by atoms with Crippen molar-refractivity contribution in [2.45, 2.75) is 30.3 Å². The Morgan fingerprint density at radius 3 is 1.62 bits per heavy atom. The van der Waals surface area contributed by atoms with E-state index in [1.807, 2.05) is 67.6 Å². The minimum Gasteiger partial charge on any atom is -0.504 e. The number of ether oxygens (including phenoxy) is 1. The van der Waals surface area contributed by atoms with Crippen LogP contribution < -0.4 is 0 Å². The summed E-state index contributed by atoms with van der Waals surface area (Å²) in [7, 11) is 0. The quantitative estimate of drug-likeness (QED) is 0.209. The van der Waals surface area contributed by atoms with Gasteiger partial charge in [-0.25, -0.2) is 0 Å². The first-order chi connectivity index (χ1) is 17.7. The maximum atomic E-state index is 11.2. The van der Waals surface area contributed by atoms with Gasteiger partial charge < -0.3 is 35.4 Å². The molecule has 4 aromatic carbocycles. The van der Waals surface area contributed by atoms with Crippen molar-refractivity contribution in [3.05, 3.63) is 107 Å². The predicted molar refractivity (Wildman–Crippen MR) is 137 cm³/mol. The number of hydrogen-bond donors (Lipinski definition) is 6. The smallest absolute Gasteiger partial charge is 0.200 e. The van der Waals surface area contributed by atoms with Crippen LogP contribution in [-0.2, 0) is 15.8 Å². The van der Waals surface area contributed by atoms with Gasteiger partial charge in [0.15, 0.2) is 23.0 Å². The maximum absolute atomic E-state index is 11.2. The van der Waals surface area contributed by atoms with Crippen LogP contribution in [0, 0.1) is 0 Å². The van der Waals surface area contributed by atoms with Crippen LogP contribution in [0.15, 0.2) is 84.9 Å². The van der Waals surface area contributed by atoms with Crippen molar-refractivity contribution in [2.75, 3.05) is 6.61 Å². The first-order valence-corrected chi connectivity index (χ1v) is 12.0. The van der Waals surface area contributed by atoms with E-state index in [0.29, 0.717) is 6.42 Å². The summed E-state index contributed by atoms with van der Waals surface area (Å²) in [4.78, 5) is 0. The molecule has 7 nitrogen and oxygen atoms in total. The van der Waals surface area contributed by atoms with Gasteiger partial charge in [-0.1, -0.05) is 67.6 Å². The van der Waals surface area contributed by atoms with Crippen molar-refractivity contribution >= 4 is 0 Å². The number of hydrogen-bond acceptors (Lipinski definition) is 7. The summed E-state index contributed by atoms with van der Waals surface area (Å²) < 4.78 is 6.61. The number of benzene rings is 4. The van der Waals surface area contributed by atoms with Crippen LogP contribution in [-0.4, -0.2) is 37.2 Å². The molecule has 1 saturated heterocycles. The molecule has 6 N–H and O–H groups in total. The van der Waals surface area contributed by atoms with E-state index in [-0.39, 0.29) is 23.7 Å². The summed E-state index contributed by atoms with van der Waals surface area (Å²) in [5.41, 5.74) is -0.799. The summed E-state index contributed by atoms with van der Waals surface area (Å²) in [5.74, 6) is -3.99. The molecule has 0 saturated carbocycles. The summed E-state index contributed by atoms with van der Waals surface area (Å²) in [6.07, 6.45) is 0.590. The average molecular weight is 501 g/mol. The van der Waals surface area contributed by atoms with Gasteiger partial charge in [0.2, 0.25) is 11.5 Å². The van der Waals surface area contributed by atoms with Gasteiger partial charge in [-0.05, 0) is 47.7 Å². The first kappa shape index (κ1) is 24.3. The van der Waals surface area contributed by atoms with Crippen LogP contribution in [0.25, 0.3) is 0 Å². The molecule has 37 heavy (non-hydrogen) atoms. The Morgan fingerprint density at radius 1 is 0.622 bits per heavy atom. The van der Waals surface area contributed by atoms with Gasteiger partial charge in [-0.15, -0.1) is 0 Å². The molecule has 0 bridgehead atoms. The molecular weight excluding hydrogens is 472 g/mol. The molecule has 4 aromatic rings. The van der Waals surface area contributed by atoms with Gasteiger partial charge in [0.05, 0.1) is 0 Å². The Balaban J connectivity index is 1.96. The van der Waals surface area contributed by atoms with Crippen molar-refractivity contribution in [2.24, 2.45) is 0 Å². The number of aromatic hydroxyl groups is 6. The standard InChI is InChI=1S/C30H28O7/c1-29(19-10-6-3-7-11-19)20(18-8-4-2-5-9-18)16-17-37-30(29,21-12-14-23(31)27(35)25(21)33)22-13-15-24(32)28(36)26(22)34/h2-15,20,31-36H,16-17H2,1H3. The lowest BCUT2D eigenvalue weighted by molar-refractivity contribution is -0.121. The van der Waals surface area contributed by atoms with E-state index in [1.54, 1.807) is 0 Å². The molecule has 5 rings (SSSR count). The third-order valence-corrected chi connectivity index (χ3v) is 7.75. The molecule has 1 fully saturated rings. The molecule has 1 aliphatic heterocycles. The predicted octanol–water partition coefficient (Wildman–Crippen LogP) is 5.33. The number of phenolic OH excluding ortho intramolecular Hbond substituents is 6. The lowest BCUT2D eigenvalue weighted by atomic mass is 9.53. The van der Waals surface area contributed by atoms with Crippen molar-refractivity contribution in [3.8, 4) is 34.5 Å². The highest BCUT2D eigenvalue weighted by molar-refractivity contribution is 5.65. The van der Waals surface area contributed by atoms with E-state index < -0.39 is 45.5 Å². The van der Waals surface area contributed by atoms with Crippen LogP contribution in [0.2, 0.25) is 0 Å². The van der Waals surface area contributed by atoms with Crippen LogP contribution in [0.5, 0.6) is 34.5 Å². The molecule has 0 amide bonds. The molecule has 190 valence electrons. The van der Waals surface area contributed by atoms with Crippen LogP contribution in [0.3, 0.4) is 0 Å². The van der Waals surface area contributed by atoms with Crippen molar-refractivity contribution in [3.63, 3.8) is 0 Å². The molecule has 2 atom stereocenters. The zero-order valence-electron chi connectivity index (χ0n) is 20.2. The van der Waals surface area contributed by atoms with Gasteiger partial charge in [0.1, 0.15) is 5.60 Å². The normalized spacial score (nSPS) is 20.9. The van der Waals surface area contributed by atoms with E-state index in [9.17, 15) is 30.6 Å². The van der Waals surface area contributed by atoms with Crippen LogP contribution in [0.1, 0.15) is 41.5 Å². The third-order valence-electron chi connectivity index (χ3n) is 7.75. The molecule has 1 aliphatic rings. The highest BCUT2D eigenvalue weighted by Gasteiger charge is 2.61. The summed E-state index contributed by atoms with van der Waals surface area (Å²) in [6.45, 7) is 2.15. The molecule has 7 heteroatoms. The molecule has 0 radical (unpaired) electrons. The zero-order valence-corrected chi connectivity index (χ0v) is 20.2. The SMILES string of the molecule is CC1(c2ccccc2)C(c2ccccc2)CCOC1(c1ccc(O)c(O)c1O)c1ccc(O)c(O)c1O. The van der Waals surface area contributed by atoms with E-state index in [4.69, 9.17) is 4.74 Å². The second-order valence-corrected chi connectivity index (χ2v) is 9.51. The summed E-state index contributed by atoms with van der Waals surface area (Å²) >= 11 is 0. The van der Waals surface area contributed by atoms with E-state index >= 15 is 0 Å². The van der Waals surface area contributed by atoms with Crippen molar-refractivity contribution in [1.29, 1.82) is 0 Å². The topological polar surface area (TPSA) is 131 Å². The fraction of sp³-hybridized carbons (Fsp3) is 0.200. The van der Waals surface area contributed by atoms with Crippen LogP contribution in [0.4, 0.5) is 0 Å². The van der Waals surface area contributed by atoms with Gasteiger partial charge in [-0.2, -0.15) is 0 Å². The second-order valence-electron chi connectivity index (χ2n) is 9.51. The van der Waals surface area contributed by atoms with Gasteiger partial charge in [-0.3, -0.25) is 0 Å². The highest BCUT2D eigenvalue weighted by Crippen LogP contribution is 2.64. The number of phenols is 6. The van der Waals surface area contributed by atoms with E-state index in [0.717, 1.165) is 11.1 Å². The Bertz CT molecular complexity index is 1380. The lowest BCUT2D eigenvalue weighted by Gasteiger charge is -2.56. The van der Waals surface area contributed by atoms with Crippen molar-refractivity contribution in [1.82, 2.24) is 0 Å². The first-order valence-electron chi connectivity index (χ1n) is 12.0. The Labute approximate surface area is 214 Å². The monoisotopic (exact) mass is 500 g/mol.